The first-order valence-corrected chi connectivity index (χ1v) is 3.70. The van der Waals surface area contributed by atoms with Crippen LogP contribution in [0.5, 0.6) is 0 Å². The van der Waals surface area contributed by atoms with E-state index in [0.717, 1.165) is 6.54 Å². The molecule has 1 aromatic carbocycles. The molecule has 1 heteroatoms. The summed E-state index contributed by atoms with van der Waals surface area (Å²) in [6.07, 6.45) is 1.19. The van der Waals surface area contributed by atoms with E-state index in [-0.39, 0.29) is 0 Å². The molecule has 0 bridgehead atoms. The van der Waals surface area contributed by atoms with Crippen molar-refractivity contribution in [2.24, 2.45) is 0 Å². The van der Waals surface area contributed by atoms with E-state index in [1.807, 2.05) is 0 Å². The van der Waals surface area contributed by atoms with Crippen molar-refractivity contribution >= 4 is 5.69 Å². The predicted molar refractivity (Wildman–Crippen MR) is 43.4 cm³/mol. The Morgan fingerprint density at radius 1 is 1.40 bits per heavy atom. The third kappa shape index (κ3) is 0.783. The fraction of sp³-hybridized carbons (Fsp3) is 0.333. The Morgan fingerprint density at radius 2 is 2.30 bits per heavy atom. The van der Waals surface area contributed by atoms with Crippen molar-refractivity contribution in [1.29, 1.82) is 0 Å². The number of fused-ring (bicyclic) bond motifs is 1. The molecule has 0 aromatic heterocycles. The van der Waals surface area contributed by atoms with Gasteiger partial charge in [-0.25, -0.2) is 0 Å². The maximum Gasteiger partial charge on any atom is 0.0376 e. The number of hydrogen-bond acceptors (Lipinski definition) is 1. The van der Waals surface area contributed by atoms with Crippen LogP contribution in [0.25, 0.3) is 0 Å². The SMILES string of the molecule is Cc1ccc2c(c1)NCC2. The second-order valence-electron chi connectivity index (χ2n) is 2.84. The van der Waals surface area contributed by atoms with Gasteiger partial charge < -0.3 is 5.32 Å². The lowest BCUT2D eigenvalue weighted by Crippen LogP contribution is -1.90. The summed E-state index contributed by atoms with van der Waals surface area (Å²) < 4.78 is 0. The van der Waals surface area contributed by atoms with Crippen molar-refractivity contribution in [1.82, 2.24) is 0 Å². The van der Waals surface area contributed by atoms with Gasteiger partial charge in [-0.2, -0.15) is 0 Å². The molecule has 1 aliphatic heterocycles. The molecule has 52 valence electrons. The molecule has 0 saturated carbocycles. The van der Waals surface area contributed by atoms with Crippen LogP contribution in [0.4, 0.5) is 5.69 Å². The molecule has 1 aliphatic rings. The zero-order valence-corrected chi connectivity index (χ0v) is 6.15. The molecule has 0 atom stereocenters. The van der Waals surface area contributed by atoms with Crippen LogP contribution in [-0.2, 0) is 6.42 Å². The van der Waals surface area contributed by atoms with E-state index in [0.29, 0.717) is 0 Å². The number of anilines is 1. The highest BCUT2D eigenvalue weighted by Crippen LogP contribution is 2.22. The molecule has 1 heterocycles. The van der Waals surface area contributed by atoms with Gasteiger partial charge in [0.1, 0.15) is 0 Å². The Balaban J connectivity index is 2.52. The van der Waals surface area contributed by atoms with E-state index in [2.05, 4.69) is 30.4 Å². The summed E-state index contributed by atoms with van der Waals surface area (Å²) in [7, 11) is 0. The first-order valence-electron chi connectivity index (χ1n) is 3.70. The summed E-state index contributed by atoms with van der Waals surface area (Å²) >= 11 is 0. The average molecular weight is 133 g/mol. The molecule has 1 N–H and O–H groups in total. The minimum absolute atomic E-state index is 1.11. The molecule has 0 aliphatic carbocycles. The van der Waals surface area contributed by atoms with Crippen LogP contribution >= 0.6 is 0 Å². The van der Waals surface area contributed by atoms with E-state index >= 15 is 0 Å². The highest BCUT2D eigenvalue weighted by atomic mass is 14.9. The quantitative estimate of drug-likeness (QED) is 0.570. The first kappa shape index (κ1) is 5.78. The first-order chi connectivity index (χ1) is 4.86. The summed E-state index contributed by atoms with van der Waals surface area (Å²) in [5, 5.41) is 3.34. The summed E-state index contributed by atoms with van der Waals surface area (Å²) in [6, 6.07) is 6.60. The summed E-state index contributed by atoms with van der Waals surface area (Å²) in [5.74, 6) is 0. The topological polar surface area (TPSA) is 12.0 Å². The van der Waals surface area contributed by atoms with Crippen LogP contribution in [0.15, 0.2) is 18.2 Å². The maximum absolute atomic E-state index is 3.34. The van der Waals surface area contributed by atoms with Gasteiger partial charge in [0.15, 0.2) is 0 Å². The van der Waals surface area contributed by atoms with E-state index < -0.39 is 0 Å². The number of hydrogen-bond donors (Lipinski definition) is 1. The third-order valence-corrected chi connectivity index (χ3v) is 1.98. The van der Waals surface area contributed by atoms with Gasteiger partial charge in [-0.3, -0.25) is 0 Å². The number of nitrogens with one attached hydrogen (secondary N) is 1. The highest BCUT2D eigenvalue weighted by molar-refractivity contribution is 5.56. The Bertz CT molecular complexity index is 253. The molecular weight excluding hydrogens is 122 g/mol. The molecular formula is C9H11N. The molecule has 0 amide bonds. The monoisotopic (exact) mass is 133 g/mol. The lowest BCUT2D eigenvalue weighted by Gasteiger charge is -1.98. The molecule has 1 aromatic rings. The van der Waals surface area contributed by atoms with Crippen molar-refractivity contribution < 1.29 is 0 Å². The minimum atomic E-state index is 1.11. The van der Waals surface area contributed by atoms with E-state index in [1.54, 1.807) is 0 Å². The standard InChI is InChI=1S/C9H11N/c1-7-2-3-8-4-5-10-9(8)6-7/h2-3,6,10H,4-5H2,1H3. The van der Waals surface area contributed by atoms with E-state index in [9.17, 15) is 0 Å². The largest absolute Gasteiger partial charge is 0.384 e. The Labute approximate surface area is 61.1 Å². The van der Waals surface area contributed by atoms with Crippen LogP contribution in [0, 0.1) is 6.92 Å². The summed E-state index contributed by atoms with van der Waals surface area (Å²) in [6.45, 7) is 3.24. The van der Waals surface area contributed by atoms with Crippen molar-refractivity contribution in [3.63, 3.8) is 0 Å². The van der Waals surface area contributed by atoms with Crippen LogP contribution in [0.3, 0.4) is 0 Å². The Hall–Kier alpha value is -0.980. The lowest BCUT2D eigenvalue weighted by atomic mass is 10.1. The highest BCUT2D eigenvalue weighted by Gasteiger charge is 2.07. The van der Waals surface area contributed by atoms with Crippen LogP contribution in [-0.4, -0.2) is 6.54 Å². The lowest BCUT2D eigenvalue weighted by molar-refractivity contribution is 1.11. The molecule has 10 heavy (non-hydrogen) atoms. The Kier molecular flexibility index (Phi) is 1.16. The summed E-state index contributed by atoms with van der Waals surface area (Å²) in [5.41, 5.74) is 4.14. The van der Waals surface area contributed by atoms with Gasteiger partial charge in [0.25, 0.3) is 0 Å². The fourth-order valence-electron chi connectivity index (χ4n) is 1.40. The molecule has 0 unspecified atom stereocenters. The smallest absolute Gasteiger partial charge is 0.0376 e. The van der Waals surface area contributed by atoms with Crippen molar-refractivity contribution in [2.75, 3.05) is 11.9 Å². The number of rotatable bonds is 0. The van der Waals surface area contributed by atoms with Gasteiger partial charge in [0.05, 0.1) is 0 Å². The average Bonchev–Trinajstić information content (AvgIpc) is 2.33. The molecule has 0 saturated heterocycles. The van der Waals surface area contributed by atoms with Gasteiger partial charge in [-0.15, -0.1) is 0 Å². The maximum atomic E-state index is 3.34. The fourth-order valence-corrected chi connectivity index (χ4v) is 1.40. The van der Waals surface area contributed by atoms with Gasteiger partial charge >= 0.3 is 0 Å². The van der Waals surface area contributed by atoms with Crippen LogP contribution in [0.2, 0.25) is 0 Å². The second kappa shape index (κ2) is 2.01. The normalized spacial score (nSPS) is 14.5. The van der Waals surface area contributed by atoms with Gasteiger partial charge in [-0.1, -0.05) is 12.1 Å². The predicted octanol–water partition coefficient (Wildman–Crippen LogP) is 1.96. The zero-order chi connectivity index (χ0) is 6.97. The van der Waals surface area contributed by atoms with Crippen molar-refractivity contribution in [2.45, 2.75) is 13.3 Å². The van der Waals surface area contributed by atoms with Gasteiger partial charge in [0, 0.05) is 12.2 Å². The van der Waals surface area contributed by atoms with Gasteiger partial charge in [-0.05, 0) is 30.5 Å². The number of aryl methyl sites for hydroxylation is 1. The van der Waals surface area contributed by atoms with Crippen LogP contribution < -0.4 is 5.32 Å². The molecule has 2 rings (SSSR count). The van der Waals surface area contributed by atoms with Gasteiger partial charge in [0.2, 0.25) is 0 Å². The second-order valence-corrected chi connectivity index (χ2v) is 2.84. The summed E-state index contributed by atoms with van der Waals surface area (Å²) in [4.78, 5) is 0. The van der Waals surface area contributed by atoms with Crippen LogP contribution in [0.1, 0.15) is 11.1 Å². The Morgan fingerprint density at radius 3 is 3.20 bits per heavy atom. The zero-order valence-electron chi connectivity index (χ0n) is 6.15. The molecule has 1 nitrogen and oxygen atoms in total. The third-order valence-electron chi connectivity index (χ3n) is 1.98. The number of benzene rings is 1. The minimum Gasteiger partial charge on any atom is -0.384 e. The van der Waals surface area contributed by atoms with E-state index in [1.165, 1.54) is 23.2 Å². The molecule has 0 fully saturated rings. The van der Waals surface area contributed by atoms with Crippen molar-refractivity contribution in [3.05, 3.63) is 29.3 Å². The molecule has 0 spiro atoms. The molecule has 0 radical (unpaired) electrons. The van der Waals surface area contributed by atoms with Crippen molar-refractivity contribution in [3.8, 4) is 0 Å². The van der Waals surface area contributed by atoms with E-state index in [4.69, 9.17) is 0 Å².